The number of esters is 1. The molecule has 0 spiro atoms. The Morgan fingerprint density at radius 2 is 1.24 bits per heavy atom. The zero-order valence-electron chi connectivity index (χ0n) is 23.7. The van der Waals surface area contributed by atoms with Gasteiger partial charge in [0.2, 0.25) is 11.8 Å². The lowest BCUT2D eigenvalue weighted by Gasteiger charge is -2.45. The van der Waals surface area contributed by atoms with Gasteiger partial charge in [-0.2, -0.15) is 0 Å². The first-order valence-electron chi connectivity index (χ1n) is 14.3. The number of nitrogens with zero attached hydrogens (tertiary/aromatic N) is 1. The highest BCUT2D eigenvalue weighted by Crippen LogP contribution is 2.61. The normalized spacial score (nSPS) is 22.7. The third-order valence-electron chi connectivity index (χ3n) is 8.85. The van der Waals surface area contributed by atoms with Crippen LogP contribution in [0, 0.1) is 31.6 Å². The van der Waals surface area contributed by atoms with Gasteiger partial charge in [0.05, 0.1) is 11.8 Å². The fourth-order valence-corrected chi connectivity index (χ4v) is 7.18. The van der Waals surface area contributed by atoms with Crippen LogP contribution >= 0.6 is 0 Å². The summed E-state index contributed by atoms with van der Waals surface area (Å²) in [7, 11) is 0. The lowest BCUT2D eigenvalue weighted by atomic mass is 9.55. The summed E-state index contributed by atoms with van der Waals surface area (Å²) in [6.45, 7) is 7.14. The highest BCUT2D eigenvalue weighted by Gasteiger charge is 2.63. The van der Waals surface area contributed by atoms with Gasteiger partial charge < -0.3 is 10.1 Å². The molecule has 7 nitrogen and oxygen atoms in total. The fraction of sp³-hybridized carbons (Fsp3) is 0.353. The van der Waals surface area contributed by atoms with E-state index in [-0.39, 0.29) is 36.0 Å². The molecule has 1 saturated heterocycles. The van der Waals surface area contributed by atoms with Crippen LogP contribution in [0.2, 0.25) is 0 Å². The van der Waals surface area contributed by atoms with Gasteiger partial charge in [0.15, 0.2) is 6.61 Å². The maximum atomic E-state index is 14.2. The molecule has 3 aliphatic carbocycles. The van der Waals surface area contributed by atoms with Crippen LogP contribution in [0.3, 0.4) is 0 Å². The Labute approximate surface area is 239 Å². The van der Waals surface area contributed by atoms with Gasteiger partial charge in [-0.05, 0) is 59.6 Å². The highest BCUT2D eigenvalue weighted by molar-refractivity contribution is 6.10. The molecule has 7 heteroatoms. The quantitative estimate of drug-likeness (QED) is 0.327. The van der Waals surface area contributed by atoms with Gasteiger partial charge >= 0.3 is 5.97 Å². The molecular formula is C34H34N2O5. The molecule has 210 valence electrons. The molecule has 3 atom stereocenters. The Morgan fingerprint density at radius 1 is 0.780 bits per heavy atom. The second kappa shape index (κ2) is 10.3. The molecule has 41 heavy (non-hydrogen) atoms. The van der Waals surface area contributed by atoms with Crippen LogP contribution < -0.4 is 5.32 Å². The Kier molecular flexibility index (Phi) is 6.76. The number of nitrogens with one attached hydrogen (secondary N) is 1. The summed E-state index contributed by atoms with van der Waals surface area (Å²) in [6, 6.07) is 20.7. The number of amides is 3. The lowest BCUT2D eigenvalue weighted by molar-refractivity contribution is -0.160. The molecule has 0 aromatic heterocycles. The van der Waals surface area contributed by atoms with Crippen LogP contribution in [0.15, 0.2) is 66.7 Å². The van der Waals surface area contributed by atoms with E-state index in [2.05, 4.69) is 5.32 Å². The minimum Gasteiger partial charge on any atom is -0.454 e. The highest BCUT2D eigenvalue weighted by atomic mass is 16.5. The molecule has 7 rings (SSSR count). The van der Waals surface area contributed by atoms with E-state index in [1.165, 1.54) is 4.90 Å². The Bertz CT molecular complexity index is 1440. The van der Waals surface area contributed by atoms with Gasteiger partial charge in [0, 0.05) is 17.5 Å². The minimum absolute atomic E-state index is 0.00494. The van der Waals surface area contributed by atoms with E-state index < -0.39 is 36.4 Å². The van der Waals surface area contributed by atoms with Gasteiger partial charge in [0.1, 0.15) is 6.04 Å². The van der Waals surface area contributed by atoms with E-state index in [0.717, 1.165) is 33.4 Å². The smallest absolute Gasteiger partial charge is 0.329 e. The maximum absolute atomic E-state index is 14.2. The van der Waals surface area contributed by atoms with Crippen LogP contribution in [0.25, 0.3) is 0 Å². The van der Waals surface area contributed by atoms with Crippen molar-refractivity contribution in [3.63, 3.8) is 0 Å². The van der Waals surface area contributed by atoms with E-state index in [0.29, 0.717) is 5.69 Å². The van der Waals surface area contributed by atoms with Gasteiger partial charge in [0.25, 0.3) is 5.91 Å². The second-order valence-corrected chi connectivity index (χ2v) is 11.9. The monoisotopic (exact) mass is 550 g/mol. The van der Waals surface area contributed by atoms with Crippen LogP contribution in [-0.4, -0.2) is 41.2 Å². The molecule has 1 N–H and O–H groups in total. The van der Waals surface area contributed by atoms with E-state index >= 15 is 0 Å². The molecule has 0 saturated carbocycles. The van der Waals surface area contributed by atoms with Crippen molar-refractivity contribution in [3.05, 3.63) is 100 Å². The average Bonchev–Trinajstić information content (AvgIpc) is 3.22. The molecule has 1 fully saturated rings. The number of benzene rings is 3. The number of aryl methyl sites for hydroxylation is 2. The Hall–Kier alpha value is -4.26. The number of anilines is 1. The number of carbonyl (C=O) groups is 4. The summed E-state index contributed by atoms with van der Waals surface area (Å²) >= 11 is 0. The van der Waals surface area contributed by atoms with E-state index in [4.69, 9.17) is 4.74 Å². The number of carbonyl (C=O) groups excluding carboxylic acids is 4. The van der Waals surface area contributed by atoms with Gasteiger partial charge in [-0.15, -0.1) is 0 Å². The van der Waals surface area contributed by atoms with Crippen molar-refractivity contribution in [1.29, 1.82) is 0 Å². The molecule has 4 aliphatic rings. The Morgan fingerprint density at radius 3 is 1.68 bits per heavy atom. The van der Waals surface area contributed by atoms with Crippen molar-refractivity contribution < 1.29 is 23.9 Å². The number of rotatable bonds is 7. The number of likely N-dealkylation sites (tertiary alicyclic amines) is 1. The van der Waals surface area contributed by atoms with Gasteiger partial charge in [-0.25, -0.2) is 4.79 Å². The van der Waals surface area contributed by atoms with Crippen molar-refractivity contribution in [1.82, 2.24) is 4.90 Å². The number of hydrogen-bond acceptors (Lipinski definition) is 5. The predicted molar refractivity (Wildman–Crippen MR) is 154 cm³/mol. The summed E-state index contributed by atoms with van der Waals surface area (Å²) in [5.74, 6) is -3.53. The minimum atomic E-state index is -1.10. The zero-order valence-corrected chi connectivity index (χ0v) is 23.7. The molecular weight excluding hydrogens is 516 g/mol. The number of ether oxygens (including phenoxy) is 1. The third kappa shape index (κ3) is 4.35. The summed E-state index contributed by atoms with van der Waals surface area (Å²) < 4.78 is 5.48. The number of imide groups is 1. The molecule has 3 aromatic carbocycles. The molecule has 3 amide bonds. The standard InChI is InChI=1S/C34H34N2O5/c1-18(2)16-25(34(40)41-17-26(37)35-31-19(3)10-9-11-20(31)4)36-32(38)29-27-21-12-5-6-13-22(21)28(30(29)33(36)39)24-15-8-7-14-23(24)27/h5-15,18,25,27-30H,16-17H2,1-4H3,(H,35,37)/t25-,27?,28?,29+,30+/m0/s1. The molecule has 0 radical (unpaired) electrons. The third-order valence-corrected chi connectivity index (χ3v) is 8.85. The van der Waals surface area contributed by atoms with Gasteiger partial charge in [-0.1, -0.05) is 80.6 Å². The second-order valence-electron chi connectivity index (χ2n) is 11.9. The lowest BCUT2D eigenvalue weighted by Crippen LogP contribution is -2.47. The molecule has 2 bridgehead atoms. The van der Waals surface area contributed by atoms with E-state index in [1.807, 2.05) is 94.4 Å². The van der Waals surface area contributed by atoms with E-state index in [9.17, 15) is 19.2 Å². The zero-order chi connectivity index (χ0) is 29.0. The summed E-state index contributed by atoms with van der Waals surface area (Å²) in [4.78, 5) is 55.7. The number of hydrogen-bond donors (Lipinski definition) is 1. The SMILES string of the molecule is Cc1cccc(C)c1NC(=O)COC(=O)[C@H](CC(C)C)N1C(=O)[C@@H]2C3c4ccccc4C(c4ccccc43)[C@H]2C1=O. The maximum Gasteiger partial charge on any atom is 0.329 e. The average molecular weight is 551 g/mol. The van der Waals surface area contributed by atoms with Crippen molar-refractivity contribution in [2.75, 3.05) is 11.9 Å². The largest absolute Gasteiger partial charge is 0.454 e. The fourth-order valence-electron chi connectivity index (χ4n) is 7.18. The topological polar surface area (TPSA) is 92.8 Å². The first-order chi connectivity index (χ1) is 19.7. The van der Waals surface area contributed by atoms with E-state index in [1.54, 1.807) is 0 Å². The van der Waals surface area contributed by atoms with Crippen LogP contribution in [-0.2, 0) is 23.9 Å². The van der Waals surface area contributed by atoms with Crippen molar-refractivity contribution in [2.45, 2.75) is 52.0 Å². The number of para-hydroxylation sites is 1. The summed E-state index contributed by atoms with van der Waals surface area (Å²) in [5.41, 5.74) is 6.77. The molecule has 1 aliphatic heterocycles. The first-order valence-corrected chi connectivity index (χ1v) is 14.3. The summed E-state index contributed by atoms with van der Waals surface area (Å²) in [6.07, 6.45) is 0.253. The van der Waals surface area contributed by atoms with Crippen molar-refractivity contribution in [3.8, 4) is 0 Å². The van der Waals surface area contributed by atoms with Crippen LogP contribution in [0.5, 0.6) is 0 Å². The predicted octanol–water partition coefficient (Wildman–Crippen LogP) is 5.09. The Balaban J connectivity index is 1.27. The van der Waals surface area contributed by atoms with Crippen LogP contribution in [0.1, 0.15) is 65.5 Å². The first kappa shape index (κ1) is 26.9. The summed E-state index contributed by atoms with van der Waals surface area (Å²) in [5, 5.41) is 2.82. The molecule has 1 heterocycles. The van der Waals surface area contributed by atoms with Gasteiger partial charge in [-0.3, -0.25) is 19.3 Å². The molecule has 0 unspecified atom stereocenters. The molecule has 3 aromatic rings. The van der Waals surface area contributed by atoms with Crippen molar-refractivity contribution in [2.24, 2.45) is 17.8 Å². The van der Waals surface area contributed by atoms with Crippen LogP contribution in [0.4, 0.5) is 5.69 Å². The van der Waals surface area contributed by atoms with Crippen molar-refractivity contribution >= 4 is 29.4 Å².